The minimum absolute atomic E-state index is 0.268. The topological polar surface area (TPSA) is 47.0 Å². The van der Waals surface area contributed by atoms with Gasteiger partial charge >= 0.3 is 0 Å². The highest BCUT2D eigenvalue weighted by atomic mass is 19.1. The van der Waals surface area contributed by atoms with Crippen LogP contribution < -0.4 is 5.32 Å². The van der Waals surface area contributed by atoms with Crippen molar-refractivity contribution in [2.75, 3.05) is 18.5 Å². The van der Waals surface area contributed by atoms with E-state index in [9.17, 15) is 4.39 Å². The molecule has 0 aliphatic rings. The molecule has 0 bridgehead atoms. The van der Waals surface area contributed by atoms with Gasteiger partial charge in [0.2, 0.25) is 0 Å². The summed E-state index contributed by atoms with van der Waals surface area (Å²) in [7, 11) is 0. The molecule has 4 nitrogen and oxygen atoms in total. The van der Waals surface area contributed by atoms with Crippen LogP contribution in [-0.2, 0) is 11.3 Å². The maximum Gasteiger partial charge on any atom is 0.186 e. The van der Waals surface area contributed by atoms with Gasteiger partial charge in [-0.15, -0.1) is 0 Å². The summed E-state index contributed by atoms with van der Waals surface area (Å²) in [5.41, 5.74) is 0.350. The molecule has 90 valence electrons. The molecule has 5 heteroatoms. The number of hydrogen-bond donors (Lipinski definition) is 1. The number of anilines is 1. The molecule has 16 heavy (non-hydrogen) atoms. The fraction of sp³-hybridized carbons (Fsp3) is 0.636. The largest absolute Gasteiger partial charge is 0.374 e. The van der Waals surface area contributed by atoms with Crippen LogP contribution in [-0.4, -0.2) is 23.1 Å². The third-order valence-electron chi connectivity index (χ3n) is 2.04. The zero-order valence-electron chi connectivity index (χ0n) is 10.0. The molecule has 0 radical (unpaired) electrons. The number of aryl methyl sites for hydroxylation is 1. The molecule has 1 heterocycles. The summed E-state index contributed by atoms with van der Waals surface area (Å²) in [4.78, 5) is 8.11. The highest BCUT2D eigenvalue weighted by Gasteiger charge is 2.10. The average molecular weight is 227 g/mol. The Labute approximate surface area is 95.3 Å². The van der Waals surface area contributed by atoms with Gasteiger partial charge in [0.25, 0.3) is 0 Å². The van der Waals surface area contributed by atoms with E-state index in [1.165, 1.54) is 0 Å². The van der Waals surface area contributed by atoms with Crippen molar-refractivity contribution in [3.8, 4) is 0 Å². The van der Waals surface area contributed by atoms with E-state index in [0.29, 0.717) is 31.3 Å². The van der Waals surface area contributed by atoms with Gasteiger partial charge in [0, 0.05) is 13.2 Å². The summed E-state index contributed by atoms with van der Waals surface area (Å²) in [6, 6.07) is 0. The number of nitrogens with one attached hydrogen (secondary N) is 1. The molecular formula is C11H18FN3O. The summed E-state index contributed by atoms with van der Waals surface area (Å²) in [5, 5.41) is 2.94. The molecular weight excluding hydrogens is 209 g/mol. The maximum absolute atomic E-state index is 13.6. The Balaban J connectivity index is 2.83. The van der Waals surface area contributed by atoms with Crippen LogP contribution in [0.25, 0.3) is 0 Å². The van der Waals surface area contributed by atoms with Crippen LogP contribution in [0.2, 0.25) is 0 Å². The Hall–Kier alpha value is -1.23. The Morgan fingerprint density at radius 2 is 2.06 bits per heavy atom. The van der Waals surface area contributed by atoms with E-state index in [1.807, 2.05) is 13.8 Å². The second-order valence-corrected chi connectivity index (χ2v) is 3.45. The lowest BCUT2D eigenvalue weighted by molar-refractivity contribution is 0.128. The standard InChI is InChI=1S/C11H18FN3O/c1-4-6-13-11-10(12)8(3)14-9(15-11)7-16-5-2/h4-7H2,1-3H3,(H,13,14,15). The molecule has 1 aromatic rings. The average Bonchev–Trinajstić information content (AvgIpc) is 2.28. The smallest absolute Gasteiger partial charge is 0.186 e. The van der Waals surface area contributed by atoms with Crippen molar-refractivity contribution in [1.29, 1.82) is 0 Å². The molecule has 0 saturated carbocycles. The van der Waals surface area contributed by atoms with Gasteiger partial charge < -0.3 is 10.1 Å². The van der Waals surface area contributed by atoms with Crippen LogP contribution in [0.4, 0.5) is 10.2 Å². The summed E-state index contributed by atoms with van der Waals surface area (Å²) in [6.45, 7) is 7.15. The molecule has 0 saturated heterocycles. The Kier molecular flexibility index (Phi) is 5.11. The lowest BCUT2D eigenvalue weighted by atomic mass is 10.3. The molecule has 0 aromatic carbocycles. The molecule has 0 unspecified atom stereocenters. The minimum Gasteiger partial charge on any atom is -0.374 e. The molecule has 0 amide bonds. The van der Waals surface area contributed by atoms with E-state index in [-0.39, 0.29) is 11.6 Å². The van der Waals surface area contributed by atoms with Crippen molar-refractivity contribution in [1.82, 2.24) is 9.97 Å². The number of halogens is 1. The van der Waals surface area contributed by atoms with E-state index >= 15 is 0 Å². The monoisotopic (exact) mass is 227 g/mol. The van der Waals surface area contributed by atoms with Gasteiger partial charge in [-0.2, -0.15) is 0 Å². The van der Waals surface area contributed by atoms with Crippen LogP contribution in [0, 0.1) is 12.7 Å². The number of ether oxygens (including phenoxy) is 1. The number of hydrogen-bond acceptors (Lipinski definition) is 4. The van der Waals surface area contributed by atoms with Crippen molar-refractivity contribution in [2.24, 2.45) is 0 Å². The van der Waals surface area contributed by atoms with Crippen molar-refractivity contribution < 1.29 is 9.13 Å². The van der Waals surface area contributed by atoms with Gasteiger partial charge in [-0.25, -0.2) is 14.4 Å². The van der Waals surface area contributed by atoms with Crippen LogP contribution in [0.1, 0.15) is 31.8 Å². The molecule has 0 aliphatic heterocycles. The third-order valence-corrected chi connectivity index (χ3v) is 2.04. The van der Waals surface area contributed by atoms with E-state index < -0.39 is 0 Å². The molecule has 1 aromatic heterocycles. The first kappa shape index (κ1) is 12.8. The fourth-order valence-electron chi connectivity index (χ4n) is 1.24. The van der Waals surface area contributed by atoms with Crippen LogP contribution in [0.3, 0.4) is 0 Å². The zero-order chi connectivity index (χ0) is 12.0. The molecule has 0 spiro atoms. The van der Waals surface area contributed by atoms with E-state index in [4.69, 9.17) is 4.74 Å². The van der Waals surface area contributed by atoms with Crippen LogP contribution in [0.5, 0.6) is 0 Å². The van der Waals surface area contributed by atoms with Crippen LogP contribution in [0.15, 0.2) is 0 Å². The predicted octanol–water partition coefficient (Wildman–Crippen LogP) is 2.28. The molecule has 0 fully saturated rings. The highest BCUT2D eigenvalue weighted by Crippen LogP contribution is 2.14. The second-order valence-electron chi connectivity index (χ2n) is 3.45. The van der Waals surface area contributed by atoms with Crippen molar-refractivity contribution in [3.05, 3.63) is 17.3 Å². The first-order valence-corrected chi connectivity index (χ1v) is 5.53. The predicted molar refractivity (Wildman–Crippen MR) is 60.8 cm³/mol. The maximum atomic E-state index is 13.6. The first-order chi connectivity index (χ1) is 7.69. The van der Waals surface area contributed by atoms with Gasteiger partial charge in [0.15, 0.2) is 17.5 Å². The van der Waals surface area contributed by atoms with Crippen molar-refractivity contribution in [3.63, 3.8) is 0 Å². The minimum atomic E-state index is -0.381. The molecule has 0 aliphatic carbocycles. The molecule has 1 rings (SSSR count). The Morgan fingerprint density at radius 1 is 1.31 bits per heavy atom. The highest BCUT2D eigenvalue weighted by molar-refractivity contribution is 5.37. The Morgan fingerprint density at radius 3 is 2.69 bits per heavy atom. The van der Waals surface area contributed by atoms with Crippen molar-refractivity contribution in [2.45, 2.75) is 33.8 Å². The second kappa shape index (κ2) is 6.37. The Bertz CT molecular complexity index is 344. The van der Waals surface area contributed by atoms with E-state index in [2.05, 4.69) is 15.3 Å². The van der Waals surface area contributed by atoms with E-state index in [0.717, 1.165) is 6.42 Å². The first-order valence-electron chi connectivity index (χ1n) is 5.53. The number of rotatable bonds is 6. The fourth-order valence-corrected chi connectivity index (χ4v) is 1.24. The summed E-state index contributed by atoms with van der Waals surface area (Å²) in [6.07, 6.45) is 0.920. The van der Waals surface area contributed by atoms with Gasteiger partial charge in [-0.1, -0.05) is 6.92 Å². The lowest BCUT2D eigenvalue weighted by Gasteiger charge is -2.09. The summed E-state index contributed by atoms with van der Waals surface area (Å²) < 4.78 is 18.8. The molecule has 1 N–H and O–H groups in total. The van der Waals surface area contributed by atoms with Crippen LogP contribution >= 0.6 is 0 Å². The van der Waals surface area contributed by atoms with Gasteiger partial charge in [-0.3, -0.25) is 0 Å². The third kappa shape index (κ3) is 3.41. The molecule has 0 atom stereocenters. The van der Waals surface area contributed by atoms with Gasteiger partial charge in [-0.05, 0) is 20.3 Å². The van der Waals surface area contributed by atoms with E-state index in [1.54, 1.807) is 6.92 Å². The van der Waals surface area contributed by atoms with Gasteiger partial charge in [0.1, 0.15) is 6.61 Å². The van der Waals surface area contributed by atoms with Crippen molar-refractivity contribution >= 4 is 5.82 Å². The van der Waals surface area contributed by atoms with Gasteiger partial charge in [0.05, 0.1) is 5.69 Å². The number of nitrogens with zero attached hydrogens (tertiary/aromatic N) is 2. The zero-order valence-corrected chi connectivity index (χ0v) is 10.0. The summed E-state index contributed by atoms with van der Waals surface area (Å²) in [5.74, 6) is 0.400. The SMILES string of the molecule is CCCNc1nc(COCC)nc(C)c1F. The number of aromatic nitrogens is 2. The quantitative estimate of drug-likeness (QED) is 0.810. The summed E-state index contributed by atoms with van der Waals surface area (Å²) >= 11 is 0. The lowest BCUT2D eigenvalue weighted by Crippen LogP contribution is -2.10. The normalized spacial score (nSPS) is 10.5.